The lowest BCUT2D eigenvalue weighted by Crippen LogP contribution is -2.55. The first-order valence-electron chi connectivity index (χ1n) is 12.4. The van der Waals surface area contributed by atoms with Crippen molar-refractivity contribution >= 4 is 17.9 Å². The summed E-state index contributed by atoms with van der Waals surface area (Å²) < 4.78 is 28.6. The Morgan fingerprint density at radius 3 is 2.36 bits per heavy atom. The molecule has 2 fully saturated rings. The van der Waals surface area contributed by atoms with Gasteiger partial charge in [-0.3, -0.25) is 14.3 Å². The Hall–Kier alpha value is -3.50. The van der Waals surface area contributed by atoms with Gasteiger partial charge in [0, 0.05) is 37.8 Å². The second-order valence-corrected chi connectivity index (χ2v) is 9.91. The molecule has 1 aromatic carbocycles. The van der Waals surface area contributed by atoms with Crippen LogP contribution in [0.25, 0.3) is 0 Å². The molecular formula is C25H29F2N5O4. The summed E-state index contributed by atoms with van der Waals surface area (Å²) in [6, 6.07) is 4.29. The molecule has 3 aliphatic rings. The lowest BCUT2D eigenvalue weighted by atomic mass is 9.78. The highest BCUT2D eigenvalue weighted by Gasteiger charge is 2.43. The standard InChI is InChI=1S/C25H29F2N5O4/c26-17-7-15(8-18(27)11-17)13-28-25(36)30-5-2-6-31-21(14-30)12-22(29-31)23(33)32-19-3-1-4-20(32)10-16(9-19)24(34)35/h7-8,11-12,16,19-20H,1-6,9-10,13-14H2,(H,28,36)(H,34,35). The summed E-state index contributed by atoms with van der Waals surface area (Å²) in [6.07, 6.45) is 4.14. The van der Waals surface area contributed by atoms with Gasteiger partial charge in [-0.15, -0.1) is 0 Å². The van der Waals surface area contributed by atoms with E-state index >= 15 is 0 Å². The van der Waals surface area contributed by atoms with Crippen LogP contribution < -0.4 is 5.32 Å². The molecule has 0 saturated carbocycles. The minimum absolute atomic E-state index is 0.0118. The number of nitrogens with one attached hydrogen (secondary N) is 1. The van der Waals surface area contributed by atoms with Gasteiger partial charge in [0.2, 0.25) is 0 Å². The number of piperidine rings is 2. The molecule has 0 radical (unpaired) electrons. The number of halogens is 2. The van der Waals surface area contributed by atoms with Crippen molar-refractivity contribution in [2.24, 2.45) is 5.92 Å². The van der Waals surface area contributed by atoms with E-state index in [1.807, 2.05) is 4.90 Å². The summed E-state index contributed by atoms with van der Waals surface area (Å²) in [4.78, 5) is 41.2. The summed E-state index contributed by atoms with van der Waals surface area (Å²) in [5.41, 5.74) is 1.37. The van der Waals surface area contributed by atoms with E-state index in [9.17, 15) is 28.3 Å². The number of fused-ring (bicyclic) bond motifs is 3. The Morgan fingerprint density at radius 2 is 1.69 bits per heavy atom. The maximum Gasteiger partial charge on any atom is 0.318 e. The molecule has 3 amide bonds. The van der Waals surface area contributed by atoms with Gasteiger partial charge in [-0.25, -0.2) is 13.6 Å². The number of hydrogen-bond donors (Lipinski definition) is 2. The Labute approximate surface area is 207 Å². The van der Waals surface area contributed by atoms with Crippen molar-refractivity contribution in [3.8, 4) is 0 Å². The number of benzene rings is 1. The van der Waals surface area contributed by atoms with Crippen LogP contribution >= 0.6 is 0 Å². The van der Waals surface area contributed by atoms with Crippen LogP contribution in [0.5, 0.6) is 0 Å². The van der Waals surface area contributed by atoms with Crippen molar-refractivity contribution < 1.29 is 28.3 Å². The maximum absolute atomic E-state index is 13.5. The van der Waals surface area contributed by atoms with E-state index in [1.54, 1.807) is 15.6 Å². The fourth-order valence-electron chi connectivity index (χ4n) is 5.79. The molecule has 2 saturated heterocycles. The second kappa shape index (κ2) is 9.87. The van der Waals surface area contributed by atoms with Crippen LogP contribution in [0.3, 0.4) is 0 Å². The molecule has 2 unspecified atom stereocenters. The second-order valence-electron chi connectivity index (χ2n) is 9.91. The van der Waals surface area contributed by atoms with E-state index < -0.39 is 23.5 Å². The zero-order chi connectivity index (χ0) is 25.4. The van der Waals surface area contributed by atoms with Gasteiger partial charge >= 0.3 is 12.0 Å². The molecule has 0 aliphatic carbocycles. The van der Waals surface area contributed by atoms with Crippen molar-refractivity contribution in [1.82, 2.24) is 24.9 Å². The highest BCUT2D eigenvalue weighted by molar-refractivity contribution is 5.93. The maximum atomic E-state index is 13.5. The first kappa shape index (κ1) is 24.2. The molecule has 2 atom stereocenters. The first-order valence-corrected chi connectivity index (χ1v) is 12.4. The summed E-state index contributed by atoms with van der Waals surface area (Å²) in [5, 5.41) is 16.7. The number of aliphatic carboxylic acids is 1. The number of aromatic nitrogens is 2. The van der Waals surface area contributed by atoms with Gasteiger partial charge in [-0.05, 0) is 62.3 Å². The zero-order valence-corrected chi connectivity index (χ0v) is 19.8. The first-order chi connectivity index (χ1) is 17.3. The molecular weight excluding hydrogens is 472 g/mol. The topological polar surface area (TPSA) is 108 Å². The highest BCUT2D eigenvalue weighted by atomic mass is 19.1. The number of carbonyl (C=O) groups excluding carboxylic acids is 2. The number of carbonyl (C=O) groups is 3. The fraction of sp³-hybridized carbons (Fsp3) is 0.520. The zero-order valence-electron chi connectivity index (χ0n) is 19.8. The largest absolute Gasteiger partial charge is 0.481 e. The van der Waals surface area contributed by atoms with Crippen molar-refractivity contribution in [2.45, 2.75) is 70.2 Å². The average Bonchev–Trinajstić information content (AvgIpc) is 3.11. The molecule has 0 spiro atoms. The molecule has 9 nitrogen and oxygen atoms in total. The molecule has 192 valence electrons. The van der Waals surface area contributed by atoms with Crippen LogP contribution in [0.1, 0.15) is 60.3 Å². The molecule has 3 aliphatic heterocycles. The lowest BCUT2D eigenvalue weighted by molar-refractivity contribution is -0.145. The summed E-state index contributed by atoms with van der Waals surface area (Å²) in [6.45, 7) is 1.26. The van der Waals surface area contributed by atoms with E-state index in [1.165, 1.54) is 12.1 Å². The third-order valence-corrected chi connectivity index (χ3v) is 7.44. The van der Waals surface area contributed by atoms with Gasteiger partial charge in [0.05, 0.1) is 18.2 Å². The van der Waals surface area contributed by atoms with Crippen molar-refractivity contribution in [3.63, 3.8) is 0 Å². The van der Waals surface area contributed by atoms with Crippen LogP contribution in [0, 0.1) is 17.6 Å². The third kappa shape index (κ3) is 4.91. The molecule has 1 aromatic heterocycles. The van der Waals surface area contributed by atoms with E-state index in [4.69, 9.17) is 0 Å². The molecule has 2 N–H and O–H groups in total. The smallest absolute Gasteiger partial charge is 0.318 e. The number of hydrogen-bond acceptors (Lipinski definition) is 4. The minimum atomic E-state index is -0.798. The van der Waals surface area contributed by atoms with Gasteiger partial charge in [0.15, 0.2) is 5.69 Å². The Bertz CT molecular complexity index is 1150. The number of amides is 3. The van der Waals surface area contributed by atoms with Crippen molar-refractivity contribution in [3.05, 3.63) is 52.9 Å². The third-order valence-electron chi connectivity index (χ3n) is 7.44. The van der Waals surface area contributed by atoms with E-state index in [0.717, 1.165) is 31.0 Å². The predicted octanol–water partition coefficient (Wildman–Crippen LogP) is 3.13. The molecule has 5 rings (SSSR count). The molecule has 4 heterocycles. The van der Waals surface area contributed by atoms with Gasteiger partial charge in [0.1, 0.15) is 11.6 Å². The van der Waals surface area contributed by atoms with Crippen LogP contribution in [-0.4, -0.2) is 61.2 Å². The van der Waals surface area contributed by atoms with Crippen LogP contribution in [0.4, 0.5) is 13.6 Å². The fourth-order valence-corrected chi connectivity index (χ4v) is 5.79. The molecule has 36 heavy (non-hydrogen) atoms. The summed E-state index contributed by atoms with van der Waals surface area (Å²) in [5.74, 6) is -2.80. The number of nitrogens with zero attached hydrogens (tertiary/aromatic N) is 4. The van der Waals surface area contributed by atoms with Crippen LogP contribution in [0.15, 0.2) is 24.3 Å². The molecule has 2 aromatic rings. The Balaban J connectivity index is 1.26. The Morgan fingerprint density at radius 1 is 1.00 bits per heavy atom. The summed E-state index contributed by atoms with van der Waals surface area (Å²) in [7, 11) is 0. The van der Waals surface area contributed by atoms with Gasteiger partial charge in [-0.2, -0.15) is 5.10 Å². The van der Waals surface area contributed by atoms with Gasteiger partial charge in [0.25, 0.3) is 5.91 Å². The van der Waals surface area contributed by atoms with Crippen LogP contribution in [-0.2, 0) is 24.4 Å². The number of aryl methyl sites for hydroxylation is 1. The highest BCUT2D eigenvalue weighted by Crippen LogP contribution is 2.38. The molecule has 2 bridgehead atoms. The predicted molar refractivity (Wildman–Crippen MR) is 124 cm³/mol. The number of carboxylic acids is 1. The lowest BCUT2D eigenvalue weighted by Gasteiger charge is -2.47. The van der Waals surface area contributed by atoms with Crippen molar-refractivity contribution in [1.29, 1.82) is 0 Å². The number of rotatable bonds is 4. The van der Waals surface area contributed by atoms with Crippen LogP contribution in [0.2, 0.25) is 0 Å². The minimum Gasteiger partial charge on any atom is -0.481 e. The normalized spacial score (nSPS) is 23.6. The quantitative estimate of drug-likeness (QED) is 0.669. The van der Waals surface area contributed by atoms with Gasteiger partial charge in [-0.1, -0.05) is 0 Å². The van der Waals surface area contributed by atoms with Crippen molar-refractivity contribution in [2.75, 3.05) is 6.54 Å². The number of carboxylic acid groups (broad SMARTS) is 1. The van der Waals surface area contributed by atoms with E-state index in [0.29, 0.717) is 43.6 Å². The average molecular weight is 502 g/mol. The summed E-state index contributed by atoms with van der Waals surface area (Å²) >= 11 is 0. The van der Waals surface area contributed by atoms with E-state index in [2.05, 4.69) is 10.4 Å². The SMILES string of the molecule is O=C(O)C1CC2CCCC(C1)N2C(=O)c1cc2n(n1)CCCN(C(=O)NCc1cc(F)cc(F)c1)C2. The number of urea groups is 1. The Kier molecular flexibility index (Phi) is 6.63. The van der Waals surface area contributed by atoms with E-state index in [-0.39, 0.29) is 37.1 Å². The van der Waals surface area contributed by atoms with Gasteiger partial charge < -0.3 is 20.2 Å². The molecule has 11 heteroatoms. The monoisotopic (exact) mass is 501 g/mol.